The van der Waals surface area contributed by atoms with Gasteiger partial charge in [0, 0.05) is 18.1 Å². The molecule has 0 aromatic heterocycles. The lowest BCUT2D eigenvalue weighted by Gasteiger charge is -2.22. The summed E-state index contributed by atoms with van der Waals surface area (Å²) < 4.78 is 4.67. The Balaban J connectivity index is 2.47. The number of para-hydroxylation sites is 1. The maximum atomic E-state index is 11.5. The second-order valence-corrected chi connectivity index (χ2v) is 7.28. The van der Waals surface area contributed by atoms with Gasteiger partial charge in [-0.05, 0) is 29.5 Å². The fourth-order valence-corrected chi connectivity index (χ4v) is 2.63. The summed E-state index contributed by atoms with van der Waals surface area (Å²) >= 11 is 0. The van der Waals surface area contributed by atoms with Gasteiger partial charge in [0.15, 0.2) is 5.69 Å². The normalized spacial score (nSPS) is 11.6. The van der Waals surface area contributed by atoms with Crippen LogP contribution >= 0.6 is 0 Å². The summed E-state index contributed by atoms with van der Waals surface area (Å²) in [6.07, 6.45) is 0.593. The molecule has 2 aromatic carbocycles. The van der Waals surface area contributed by atoms with E-state index >= 15 is 0 Å². The van der Waals surface area contributed by atoms with Crippen LogP contribution in [0.25, 0.3) is 0 Å². The third kappa shape index (κ3) is 5.12. The highest BCUT2D eigenvalue weighted by Gasteiger charge is 2.22. The molecule has 0 unspecified atom stereocenters. The number of rotatable bonds is 6. The van der Waals surface area contributed by atoms with E-state index < -0.39 is 4.92 Å². The third-order valence-corrected chi connectivity index (χ3v) is 4.15. The summed E-state index contributed by atoms with van der Waals surface area (Å²) in [4.78, 5) is 22.0. The van der Waals surface area contributed by atoms with Gasteiger partial charge in [-0.1, -0.05) is 39.0 Å². The van der Waals surface area contributed by atoms with Gasteiger partial charge in [0.25, 0.3) is 5.69 Å². The fraction of sp³-hybridized carbons (Fsp3) is 0.350. The number of hydrogen-bond acceptors (Lipinski definition) is 7. The first kappa shape index (κ1) is 21.0. The fourth-order valence-electron chi connectivity index (χ4n) is 2.63. The van der Waals surface area contributed by atoms with Crippen LogP contribution in [0, 0.1) is 10.1 Å². The first-order valence-electron chi connectivity index (χ1n) is 8.72. The summed E-state index contributed by atoms with van der Waals surface area (Å²) in [6.45, 7) is 5.82. The number of nitrogens with zero attached hydrogens (tertiary/aromatic N) is 3. The maximum Gasteiger partial charge on any atom is 0.305 e. The standard InChI is InChI=1S/C20H23N3O5/c1-20(2,3)14-11-13(9-10-18(24)28-4)12-16(19(14)25)22-21-15-7-5-6-8-17(15)23(26)27/h5-8,11-12,25H,9-10H2,1-4H3. The molecule has 0 atom stereocenters. The zero-order valence-corrected chi connectivity index (χ0v) is 16.3. The molecule has 2 rings (SSSR count). The Morgan fingerprint density at radius 3 is 2.43 bits per heavy atom. The van der Waals surface area contributed by atoms with Crippen molar-refractivity contribution in [3.8, 4) is 5.75 Å². The number of nitro groups is 1. The molecule has 8 heteroatoms. The minimum Gasteiger partial charge on any atom is -0.505 e. The number of phenolic OH excluding ortho intramolecular Hbond substituents is 1. The maximum absolute atomic E-state index is 11.5. The van der Waals surface area contributed by atoms with Crippen LogP contribution in [-0.2, 0) is 21.4 Å². The van der Waals surface area contributed by atoms with Crippen LogP contribution in [0.15, 0.2) is 46.6 Å². The molecule has 2 aromatic rings. The smallest absolute Gasteiger partial charge is 0.305 e. The lowest BCUT2D eigenvalue weighted by Crippen LogP contribution is -2.12. The SMILES string of the molecule is COC(=O)CCc1cc(N=Nc2ccccc2[N+](=O)[O-])c(O)c(C(C)(C)C)c1. The van der Waals surface area contributed by atoms with E-state index in [1.807, 2.05) is 26.8 Å². The van der Waals surface area contributed by atoms with Gasteiger partial charge < -0.3 is 9.84 Å². The third-order valence-electron chi connectivity index (χ3n) is 4.15. The quantitative estimate of drug-likeness (QED) is 0.321. The average molecular weight is 385 g/mol. The minimum atomic E-state index is -0.540. The monoisotopic (exact) mass is 385 g/mol. The van der Waals surface area contributed by atoms with Gasteiger partial charge in [0.05, 0.1) is 12.0 Å². The Morgan fingerprint density at radius 2 is 1.82 bits per heavy atom. The molecular formula is C20H23N3O5. The van der Waals surface area contributed by atoms with E-state index in [9.17, 15) is 20.0 Å². The number of esters is 1. The summed E-state index contributed by atoms with van der Waals surface area (Å²) in [5.74, 6) is -0.384. The number of hydrogen-bond donors (Lipinski definition) is 1. The van der Waals surface area contributed by atoms with Gasteiger partial charge >= 0.3 is 5.97 Å². The zero-order chi connectivity index (χ0) is 20.9. The molecule has 0 radical (unpaired) electrons. The predicted octanol–water partition coefficient (Wildman–Crippen LogP) is 5.12. The first-order valence-corrected chi connectivity index (χ1v) is 8.72. The highest BCUT2D eigenvalue weighted by Crippen LogP contribution is 2.40. The van der Waals surface area contributed by atoms with Crippen molar-refractivity contribution in [3.63, 3.8) is 0 Å². The summed E-state index contributed by atoms with van der Waals surface area (Å²) in [7, 11) is 1.33. The Hall–Kier alpha value is -3.29. The number of carbonyl (C=O) groups excluding carboxylic acids is 1. The molecule has 28 heavy (non-hydrogen) atoms. The molecule has 148 valence electrons. The molecule has 0 heterocycles. The molecule has 0 amide bonds. The molecule has 0 aliphatic carbocycles. The van der Waals surface area contributed by atoms with Crippen LogP contribution in [0.1, 0.15) is 38.3 Å². The number of benzene rings is 2. The van der Waals surface area contributed by atoms with E-state index in [4.69, 9.17) is 0 Å². The Bertz CT molecular complexity index is 917. The molecule has 0 spiro atoms. The van der Waals surface area contributed by atoms with Gasteiger partial charge in [-0.25, -0.2) is 0 Å². The Kier molecular flexibility index (Phi) is 6.45. The molecule has 0 fully saturated rings. The number of aromatic hydroxyl groups is 1. The lowest BCUT2D eigenvalue weighted by molar-refractivity contribution is -0.384. The predicted molar refractivity (Wildman–Crippen MR) is 104 cm³/mol. The average Bonchev–Trinajstić information content (AvgIpc) is 2.64. The number of phenols is 1. The van der Waals surface area contributed by atoms with Gasteiger partial charge in [-0.15, -0.1) is 10.2 Å². The topological polar surface area (TPSA) is 114 Å². The molecule has 0 aliphatic heterocycles. The molecule has 0 bridgehead atoms. The highest BCUT2D eigenvalue weighted by molar-refractivity contribution is 5.70. The highest BCUT2D eigenvalue weighted by atomic mass is 16.6. The number of aryl methyl sites for hydroxylation is 1. The van der Waals surface area contributed by atoms with Crippen molar-refractivity contribution >= 4 is 23.0 Å². The number of azo groups is 1. The van der Waals surface area contributed by atoms with Crippen molar-refractivity contribution in [2.45, 2.75) is 39.0 Å². The second kappa shape index (κ2) is 8.60. The van der Waals surface area contributed by atoms with Crippen molar-refractivity contribution in [1.29, 1.82) is 0 Å². The number of nitro benzene ring substituents is 1. The summed E-state index contributed by atoms with van der Waals surface area (Å²) in [5, 5.41) is 29.8. The van der Waals surface area contributed by atoms with Crippen molar-refractivity contribution in [2.24, 2.45) is 10.2 Å². The Morgan fingerprint density at radius 1 is 1.18 bits per heavy atom. The lowest BCUT2D eigenvalue weighted by atomic mass is 9.84. The van der Waals surface area contributed by atoms with Crippen LogP contribution in [-0.4, -0.2) is 23.1 Å². The first-order chi connectivity index (χ1) is 13.1. The summed E-state index contributed by atoms with van der Waals surface area (Å²) in [5.41, 5.74) is 1.14. The van der Waals surface area contributed by atoms with E-state index in [2.05, 4.69) is 15.0 Å². The van der Waals surface area contributed by atoms with Crippen molar-refractivity contribution in [2.75, 3.05) is 7.11 Å². The van der Waals surface area contributed by atoms with Crippen LogP contribution in [0.5, 0.6) is 5.75 Å². The largest absolute Gasteiger partial charge is 0.505 e. The van der Waals surface area contributed by atoms with Gasteiger partial charge in [0.2, 0.25) is 0 Å². The van der Waals surface area contributed by atoms with E-state index in [1.165, 1.54) is 19.2 Å². The van der Waals surface area contributed by atoms with Crippen molar-refractivity contribution in [3.05, 3.63) is 57.6 Å². The van der Waals surface area contributed by atoms with E-state index in [0.29, 0.717) is 12.0 Å². The van der Waals surface area contributed by atoms with E-state index in [-0.39, 0.29) is 40.6 Å². The molecule has 0 saturated heterocycles. The van der Waals surface area contributed by atoms with Gasteiger partial charge in [-0.3, -0.25) is 14.9 Å². The molecule has 0 saturated carbocycles. The van der Waals surface area contributed by atoms with Gasteiger partial charge in [0.1, 0.15) is 11.4 Å². The molecular weight excluding hydrogens is 362 g/mol. The van der Waals surface area contributed by atoms with Crippen LogP contribution in [0.3, 0.4) is 0 Å². The minimum absolute atomic E-state index is 0.0448. The van der Waals surface area contributed by atoms with Crippen molar-refractivity contribution < 1.29 is 19.6 Å². The Labute approximate surface area is 163 Å². The summed E-state index contributed by atoms with van der Waals surface area (Å²) in [6, 6.07) is 9.41. The second-order valence-electron chi connectivity index (χ2n) is 7.28. The number of ether oxygens (including phenoxy) is 1. The van der Waals surface area contributed by atoms with Crippen LogP contribution < -0.4 is 0 Å². The zero-order valence-electron chi connectivity index (χ0n) is 16.3. The van der Waals surface area contributed by atoms with Crippen molar-refractivity contribution in [1.82, 2.24) is 0 Å². The van der Waals surface area contributed by atoms with Crippen LogP contribution in [0.2, 0.25) is 0 Å². The molecule has 0 aliphatic rings. The van der Waals surface area contributed by atoms with E-state index in [1.54, 1.807) is 18.2 Å². The van der Waals surface area contributed by atoms with Crippen LogP contribution in [0.4, 0.5) is 17.1 Å². The molecule has 8 nitrogen and oxygen atoms in total. The number of methoxy groups -OCH3 is 1. The number of carbonyl (C=O) groups is 1. The van der Waals surface area contributed by atoms with Gasteiger partial charge in [-0.2, -0.15) is 0 Å². The molecule has 1 N–H and O–H groups in total. The van der Waals surface area contributed by atoms with E-state index in [0.717, 1.165) is 5.56 Å².